The molecule has 2 aromatic carbocycles. The fourth-order valence-corrected chi connectivity index (χ4v) is 3.84. The minimum Gasteiger partial charge on any atom is -0.456 e. The Kier molecular flexibility index (Phi) is 6.52. The number of carbonyl (C=O) groups excluding carboxylic acids is 3. The van der Waals surface area contributed by atoms with Crippen molar-refractivity contribution in [2.75, 3.05) is 18.1 Å². The van der Waals surface area contributed by atoms with E-state index in [4.69, 9.17) is 4.74 Å². The molecule has 0 radical (unpaired) electrons. The number of esters is 1. The van der Waals surface area contributed by atoms with Crippen LogP contribution < -0.4 is 4.90 Å². The third-order valence-electron chi connectivity index (χ3n) is 4.56. The number of ketones is 1. The number of carbonyl (C=O) groups is 3. The quantitative estimate of drug-likeness (QED) is 0.401. The van der Waals surface area contributed by atoms with Crippen LogP contribution in [0.25, 0.3) is 0 Å². The van der Waals surface area contributed by atoms with E-state index in [1.165, 1.54) is 11.8 Å². The van der Waals surface area contributed by atoms with Gasteiger partial charge in [0, 0.05) is 29.1 Å². The predicted molar refractivity (Wildman–Crippen MR) is 110 cm³/mol. The van der Waals surface area contributed by atoms with Crippen LogP contribution in [-0.2, 0) is 14.3 Å². The Hall–Kier alpha value is -2.60. The van der Waals surface area contributed by atoms with Crippen LogP contribution in [0, 0.1) is 6.92 Å². The molecule has 0 spiro atoms. The van der Waals surface area contributed by atoms with Gasteiger partial charge in [-0.3, -0.25) is 14.4 Å². The van der Waals surface area contributed by atoms with Crippen LogP contribution in [0.3, 0.4) is 0 Å². The molecule has 1 saturated heterocycles. The van der Waals surface area contributed by atoms with E-state index in [9.17, 15) is 14.4 Å². The summed E-state index contributed by atoms with van der Waals surface area (Å²) in [5.74, 6) is -0.642. The number of thioether (sulfide) groups is 1. The summed E-state index contributed by atoms with van der Waals surface area (Å²) in [6.07, 6.45) is 1.36. The zero-order valence-electron chi connectivity index (χ0n) is 16.0. The average Bonchev–Trinajstić information content (AvgIpc) is 3.13. The fraction of sp³-hybridized carbons (Fsp3) is 0.318. The molecule has 3 rings (SSSR count). The number of ether oxygens (including phenoxy) is 1. The van der Waals surface area contributed by atoms with Crippen LogP contribution in [0.15, 0.2) is 53.4 Å². The van der Waals surface area contributed by atoms with Crippen molar-refractivity contribution >= 4 is 35.1 Å². The first-order chi connectivity index (χ1) is 13.4. The molecular weight excluding hydrogens is 374 g/mol. The summed E-state index contributed by atoms with van der Waals surface area (Å²) < 4.78 is 5.21. The molecule has 0 saturated carbocycles. The number of aryl methyl sites for hydroxylation is 1. The van der Waals surface area contributed by atoms with Crippen LogP contribution in [0.2, 0.25) is 0 Å². The van der Waals surface area contributed by atoms with Crippen LogP contribution in [0.5, 0.6) is 0 Å². The van der Waals surface area contributed by atoms with Gasteiger partial charge in [-0.05, 0) is 44.5 Å². The molecule has 1 aliphatic rings. The lowest BCUT2D eigenvalue weighted by Crippen LogP contribution is -2.24. The molecule has 0 N–H and O–H groups in total. The van der Waals surface area contributed by atoms with E-state index in [1.54, 1.807) is 30.0 Å². The Bertz CT molecular complexity index is 878. The molecule has 6 heteroatoms. The molecule has 1 fully saturated rings. The van der Waals surface area contributed by atoms with Crippen molar-refractivity contribution in [3.8, 4) is 0 Å². The summed E-state index contributed by atoms with van der Waals surface area (Å²) in [6.45, 7) is 4.12. The van der Waals surface area contributed by atoms with Crippen molar-refractivity contribution in [3.63, 3.8) is 0 Å². The molecule has 0 bridgehead atoms. The summed E-state index contributed by atoms with van der Waals surface area (Å²) in [5.41, 5.74) is 2.30. The molecule has 0 unspecified atom stereocenters. The lowest BCUT2D eigenvalue weighted by atomic mass is 10.1. The van der Waals surface area contributed by atoms with Gasteiger partial charge in [-0.25, -0.2) is 0 Å². The highest BCUT2D eigenvalue weighted by Gasteiger charge is 2.23. The molecule has 1 amide bonds. The average molecular weight is 397 g/mol. The van der Waals surface area contributed by atoms with E-state index in [0.717, 1.165) is 16.9 Å². The molecule has 5 nitrogen and oxygen atoms in total. The van der Waals surface area contributed by atoms with Gasteiger partial charge < -0.3 is 9.64 Å². The van der Waals surface area contributed by atoms with Gasteiger partial charge in [-0.2, -0.15) is 0 Å². The van der Waals surface area contributed by atoms with Gasteiger partial charge >= 0.3 is 5.97 Å². The maximum Gasteiger partial charge on any atom is 0.319 e. The number of anilines is 1. The Balaban J connectivity index is 1.55. The summed E-state index contributed by atoms with van der Waals surface area (Å²) >= 11 is 1.40. The zero-order valence-corrected chi connectivity index (χ0v) is 16.8. The van der Waals surface area contributed by atoms with Crippen molar-refractivity contribution in [2.24, 2.45) is 0 Å². The highest BCUT2D eigenvalue weighted by atomic mass is 32.2. The summed E-state index contributed by atoms with van der Waals surface area (Å²) in [7, 11) is 0. The smallest absolute Gasteiger partial charge is 0.319 e. The summed E-state index contributed by atoms with van der Waals surface area (Å²) in [6, 6.07) is 14.8. The molecular formula is C22H23NO4S. The maximum absolute atomic E-state index is 12.4. The molecule has 0 aromatic heterocycles. The Morgan fingerprint density at radius 1 is 1.18 bits per heavy atom. The van der Waals surface area contributed by atoms with Crippen molar-refractivity contribution in [2.45, 2.75) is 36.8 Å². The van der Waals surface area contributed by atoms with Gasteiger partial charge in [-0.15, -0.1) is 11.8 Å². The standard InChI is InChI=1S/C22H23NO4S/c1-15-8-10-19(11-9-15)28-16(2)22(26)27-14-20(24)17-5-3-6-18(13-17)23-12-4-7-21(23)25/h3,5-6,8-11,13,16H,4,7,12,14H2,1-2H3/t16-/m1/s1. The van der Waals surface area contributed by atoms with E-state index < -0.39 is 11.2 Å². The van der Waals surface area contributed by atoms with Crippen LogP contribution in [0.1, 0.15) is 35.7 Å². The minimum atomic E-state index is -0.426. The van der Waals surface area contributed by atoms with Crippen molar-refractivity contribution in [1.29, 1.82) is 0 Å². The second kappa shape index (κ2) is 9.06. The Morgan fingerprint density at radius 2 is 1.93 bits per heavy atom. The van der Waals surface area contributed by atoms with Crippen LogP contribution in [0.4, 0.5) is 5.69 Å². The van der Waals surface area contributed by atoms with Gasteiger partial charge in [-0.1, -0.05) is 29.8 Å². The number of benzene rings is 2. The lowest BCUT2D eigenvalue weighted by molar-refractivity contribution is -0.141. The van der Waals surface area contributed by atoms with Crippen molar-refractivity contribution in [1.82, 2.24) is 0 Å². The first-order valence-electron chi connectivity index (χ1n) is 9.27. The third kappa shape index (κ3) is 5.01. The number of rotatable bonds is 7. The second-order valence-electron chi connectivity index (χ2n) is 6.80. The molecule has 146 valence electrons. The number of hydrogen-bond acceptors (Lipinski definition) is 5. The monoisotopic (exact) mass is 397 g/mol. The summed E-state index contributed by atoms with van der Waals surface area (Å²) in [5, 5.41) is -0.413. The second-order valence-corrected chi connectivity index (χ2v) is 8.22. The topological polar surface area (TPSA) is 63.7 Å². The largest absolute Gasteiger partial charge is 0.456 e. The first kappa shape index (κ1) is 20.1. The van der Waals surface area contributed by atoms with Crippen molar-refractivity contribution < 1.29 is 19.1 Å². The predicted octanol–water partition coefficient (Wildman–Crippen LogP) is 4.03. The van der Waals surface area contributed by atoms with Gasteiger partial charge in [0.15, 0.2) is 12.4 Å². The lowest BCUT2D eigenvalue weighted by Gasteiger charge is -2.16. The SMILES string of the molecule is Cc1ccc(S[C@H](C)C(=O)OCC(=O)c2cccc(N3CCCC3=O)c2)cc1. The number of hydrogen-bond donors (Lipinski definition) is 0. The summed E-state index contributed by atoms with van der Waals surface area (Å²) in [4.78, 5) is 39.2. The van der Waals surface area contributed by atoms with Crippen molar-refractivity contribution in [3.05, 3.63) is 59.7 Å². The highest BCUT2D eigenvalue weighted by molar-refractivity contribution is 8.00. The van der Waals surface area contributed by atoms with Gasteiger partial charge in [0.25, 0.3) is 0 Å². The molecule has 28 heavy (non-hydrogen) atoms. The first-order valence-corrected chi connectivity index (χ1v) is 10.2. The van der Waals surface area contributed by atoms with Crippen LogP contribution in [-0.4, -0.2) is 36.1 Å². The number of Topliss-reactive ketones (excluding diaryl/α,β-unsaturated/α-hetero) is 1. The number of nitrogens with zero attached hydrogens (tertiary/aromatic N) is 1. The fourth-order valence-electron chi connectivity index (χ4n) is 2.97. The van der Waals surface area contributed by atoms with E-state index in [0.29, 0.717) is 24.2 Å². The zero-order chi connectivity index (χ0) is 20.1. The van der Waals surface area contributed by atoms with Gasteiger partial charge in [0.05, 0.1) is 0 Å². The Labute approximate surface area is 169 Å². The van der Waals surface area contributed by atoms with Gasteiger partial charge in [0.2, 0.25) is 5.91 Å². The normalized spacial score (nSPS) is 14.8. The highest BCUT2D eigenvalue weighted by Crippen LogP contribution is 2.25. The minimum absolute atomic E-state index is 0.0676. The molecule has 1 aliphatic heterocycles. The molecule has 2 aromatic rings. The molecule has 0 aliphatic carbocycles. The molecule has 1 heterocycles. The number of amides is 1. The van der Waals surface area contributed by atoms with E-state index in [2.05, 4.69) is 0 Å². The van der Waals surface area contributed by atoms with Gasteiger partial charge in [0.1, 0.15) is 5.25 Å². The van der Waals surface area contributed by atoms with E-state index in [-0.39, 0.29) is 18.3 Å². The third-order valence-corrected chi connectivity index (χ3v) is 5.65. The van der Waals surface area contributed by atoms with E-state index in [1.807, 2.05) is 37.3 Å². The molecule has 1 atom stereocenters. The van der Waals surface area contributed by atoms with E-state index >= 15 is 0 Å². The Morgan fingerprint density at radius 3 is 2.61 bits per heavy atom. The maximum atomic E-state index is 12.4. The van der Waals surface area contributed by atoms with Crippen LogP contribution >= 0.6 is 11.8 Å².